The number of anilines is 2. The Kier molecular flexibility index (Phi) is 6.99. The van der Waals surface area contributed by atoms with E-state index in [1.54, 1.807) is 55.0 Å². The van der Waals surface area contributed by atoms with Crippen LogP contribution in [-0.2, 0) is 11.3 Å². The van der Waals surface area contributed by atoms with Crippen molar-refractivity contribution < 1.29 is 19.5 Å². The van der Waals surface area contributed by atoms with Crippen LogP contribution in [-0.4, -0.2) is 61.5 Å². The molecule has 3 amide bonds. The number of aromatic nitrogens is 3. The van der Waals surface area contributed by atoms with Crippen molar-refractivity contribution in [1.82, 2.24) is 19.9 Å². The van der Waals surface area contributed by atoms with Gasteiger partial charge in [-0.25, -0.2) is 29.4 Å². The van der Waals surface area contributed by atoms with Gasteiger partial charge in [-0.1, -0.05) is 24.3 Å². The van der Waals surface area contributed by atoms with E-state index in [0.717, 1.165) is 27.9 Å². The van der Waals surface area contributed by atoms with Gasteiger partial charge in [0.05, 0.1) is 16.9 Å². The third kappa shape index (κ3) is 4.69. The predicted octanol–water partition coefficient (Wildman–Crippen LogP) is 4.86. The zero-order chi connectivity index (χ0) is 29.4. The Morgan fingerprint density at radius 1 is 0.881 bits per heavy atom. The van der Waals surface area contributed by atoms with Crippen LogP contribution < -0.4 is 9.80 Å². The molecule has 1 spiro atoms. The number of carboxylic acid groups (broad SMARTS) is 1. The van der Waals surface area contributed by atoms with E-state index in [9.17, 15) is 19.5 Å². The Balaban J connectivity index is 1.31. The van der Waals surface area contributed by atoms with Crippen molar-refractivity contribution in [2.75, 3.05) is 22.9 Å². The summed E-state index contributed by atoms with van der Waals surface area (Å²) >= 11 is 0. The van der Waals surface area contributed by atoms with Gasteiger partial charge in [-0.15, -0.1) is 0 Å². The molecule has 42 heavy (non-hydrogen) atoms. The number of aromatic carboxylic acids is 1. The molecular weight excluding hydrogens is 532 g/mol. The van der Waals surface area contributed by atoms with Crippen LogP contribution in [0.4, 0.5) is 16.4 Å². The van der Waals surface area contributed by atoms with Gasteiger partial charge in [0.2, 0.25) is 5.95 Å². The standard InChI is InChI=1S/C32H30N6O4/c1-21-5-3-14-33-27(21)20-36-17-12-32(13-18-36)29(41)37(31(42)38(32)30-34-15-4-16-35-30)25-10-11-26(22(2)19-25)23-6-8-24(9-7-23)28(39)40/h3-11,14-16,19H,12-13,17-18,20H2,1-2H3,(H,39,40). The molecule has 0 unspecified atom stereocenters. The van der Waals surface area contributed by atoms with Gasteiger partial charge in [-0.2, -0.15) is 0 Å². The first-order valence-electron chi connectivity index (χ1n) is 13.8. The maximum absolute atomic E-state index is 14.3. The summed E-state index contributed by atoms with van der Waals surface area (Å²) in [6.07, 6.45) is 5.81. The molecule has 4 aromatic rings. The monoisotopic (exact) mass is 562 g/mol. The molecular formula is C32H30N6O4. The van der Waals surface area contributed by atoms with E-state index in [4.69, 9.17) is 0 Å². The highest BCUT2D eigenvalue weighted by Crippen LogP contribution is 2.42. The van der Waals surface area contributed by atoms with Gasteiger partial charge < -0.3 is 5.11 Å². The number of urea groups is 1. The number of carbonyl (C=O) groups excluding carboxylic acids is 2. The molecule has 2 aliphatic rings. The molecule has 6 rings (SSSR count). The number of hydrogen-bond donors (Lipinski definition) is 1. The SMILES string of the molecule is Cc1cc(N2C(=O)N(c3ncccn3)C3(CCN(Cc4ncccc4C)CC3)C2=O)ccc1-c1ccc(C(=O)O)cc1. The van der Waals surface area contributed by atoms with Crippen LogP contribution in [0.2, 0.25) is 0 Å². The van der Waals surface area contributed by atoms with E-state index in [2.05, 4.69) is 19.9 Å². The van der Waals surface area contributed by atoms with E-state index in [1.165, 1.54) is 9.80 Å². The van der Waals surface area contributed by atoms with Crippen LogP contribution in [0, 0.1) is 13.8 Å². The number of piperidine rings is 1. The minimum atomic E-state index is -1.10. The summed E-state index contributed by atoms with van der Waals surface area (Å²) in [7, 11) is 0. The van der Waals surface area contributed by atoms with Crippen molar-refractivity contribution in [3.63, 3.8) is 0 Å². The van der Waals surface area contributed by atoms with Crippen molar-refractivity contribution in [2.24, 2.45) is 0 Å². The lowest BCUT2D eigenvalue weighted by Crippen LogP contribution is -2.57. The van der Waals surface area contributed by atoms with Gasteiger partial charge in [0.25, 0.3) is 5.91 Å². The Hall–Kier alpha value is -4.96. The van der Waals surface area contributed by atoms with Gasteiger partial charge in [0, 0.05) is 38.2 Å². The van der Waals surface area contributed by atoms with Crippen LogP contribution in [0.5, 0.6) is 0 Å². The first kappa shape index (κ1) is 27.2. The maximum Gasteiger partial charge on any atom is 0.339 e. The van der Waals surface area contributed by atoms with Crippen molar-refractivity contribution in [2.45, 2.75) is 38.8 Å². The molecule has 212 valence electrons. The average molecular weight is 563 g/mol. The summed E-state index contributed by atoms with van der Waals surface area (Å²) in [4.78, 5) is 57.8. The highest BCUT2D eigenvalue weighted by atomic mass is 16.4. The number of likely N-dealkylation sites (tertiary alicyclic amines) is 1. The second-order valence-corrected chi connectivity index (χ2v) is 10.8. The lowest BCUT2D eigenvalue weighted by molar-refractivity contribution is -0.123. The van der Waals surface area contributed by atoms with E-state index in [0.29, 0.717) is 38.2 Å². The topological polar surface area (TPSA) is 120 Å². The molecule has 0 saturated carbocycles. The normalized spacial score (nSPS) is 16.8. The zero-order valence-corrected chi connectivity index (χ0v) is 23.4. The first-order valence-corrected chi connectivity index (χ1v) is 13.8. The number of nitrogens with zero attached hydrogens (tertiary/aromatic N) is 6. The smallest absolute Gasteiger partial charge is 0.339 e. The predicted molar refractivity (Wildman–Crippen MR) is 157 cm³/mol. The minimum absolute atomic E-state index is 0.205. The molecule has 10 nitrogen and oxygen atoms in total. The molecule has 2 fully saturated rings. The summed E-state index contributed by atoms with van der Waals surface area (Å²) in [5.74, 6) is -1.07. The van der Waals surface area contributed by atoms with Crippen molar-refractivity contribution in [1.29, 1.82) is 0 Å². The Labute approximate surface area is 243 Å². The fraction of sp³-hybridized carbons (Fsp3) is 0.250. The first-order chi connectivity index (χ1) is 20.3. The lowest BCUT2D eigenvalue weighted by atomic mass is 9.85. The molecule has 2 saturated heterocycles. The number of aryl methyl sites for hydroxylation is 2. The van der Waals surface area contributed by atoms with Crippen LogP contribution in [0.3, 0.4) is 0 Å². The summed E-state index contributed by atoms with van der Waals surface area (Å²) in [6.45, 7) is 5.83. The van der Waals surface area contributed by atoms with Crippen LogP contribution in [0.15, 0.2) is 79.3 Å². The van der Waals surface area contributed by atoms with Gasteiger partial charge in [-0.3, -0.25) is 14.7 Å². The molecule has 0 atom stereocenters. The minimum Gasteiger partial charge on any atom is -0.478 e. The Morgan fingerprint density at radius 2 is 1.57 bits per heavy atom. The number of rotatable bonds is 6. The van der Waals surface area contributed by atoms with Gasteiger partial charge in [0.1, 0.15) is 5.54 Å². The van der Waals surface area contributed by atoms with Crippen molar-refractivity contribution >= 4 is 29.5 Å². The molecule has 0 radical (unpaired) electrons. The fourth-order valence-electron chi connectivity index (χ4n) is 5.90. The average Bonchev–Trinajstić information content (AvgIpc) is 3.21. The third-order valence-corrected chi connectivity index (χ3v) is 8.25. The quantitative estimate of drug-likeness (QED) is 0.331. The second-order valence-electron chi connectivity index (χ2n) is 10.8. The zero-order valence-electron chi connectivity index (χ0n) is 23.4. The lowest BCUT2D eigenvalue weighted by Gasteiger charge is -2.41. The highest BCUT2D eigenvalue weighted by Gasteiger charge is 2.60. The largest absolute Gasteiger partial charge is 0.478 e. The van der Waals surface area contributed by atoms with Crippen molar-refractivity contribution in [3.8, 4) is 11.1 Å². The summed E-state index contributed by atoms with van der Waals surface area (Å²) in [5.41, 5.74) is 4.26. The molecule has 0 aliphatic carbocycles. The number of carbonyl (C=O) groups is 3. The van der Waals surface area contributed by atoms with Gasteiger partial charge >= 0.3 is 12.0 Å². The highest BCUT2D eigenvalue weighted by molar-refractivity contribution is 6.30. The maximum atomic E-state index is 14.3. The molecule has 10 heteroatoms. The number of hydrogen-bond acceptors (Lipinski definition) is 7. The summed E-state index contributed by atoms with van der Waals surface area (Å²) in [6, 6.07) is 17.2. The molecule has 2 aromatic heterocycles. The Bertz CT molecular complexity index is 1670. The molecule has 2 aromatic carbocycles. The van der Waals surface area contributed by atoms with E-state index in [1.807, 2.05) is 38.1 Å². The van der Waals surface area contributed by atoms with Gasteiger partial charge in [0.15, 0.2) is 0 Å². The third-order valence-electron chi connectivity index (χ3n) is 8.25. The van der Waals surface area contributed by atoms with E-state index in [-0.39, 0.29) is 17.4 Å². The molecule has 1 N–H and O–H groups in total. The van der Waals surface area contributed by atoms with E-state index >= 15 is 0 Å². The van der Waals surface area contributed by atoms with Gasteiger partial charge in [-0.05, 0) is 85.3 Å². The number of carboxylic acids is 1. The number of benzene rings is 2. The number of amides is 3. The number of imide groups is 1. The molecule has 4 heterocycles. The van der Waals surface area contributed by atoms with Crippen LogP contribution in [0.1, 0.15) is 40.0 Å². The van der Waals surface area contributed by atoms with Crippen molar-refractivity contribution in [3.05, 3.63) is 102 Å². The summed E-state index contributed by atoms with van der Waals surface area (Å²) < 4.78 is 0. The summed E-state index contributed by atoms with van der Waals surface area (Å²) in [5, 5.41) is 9.22. The second kappa shape index (κ2) is 10.8. The number of pyridine rings is 1. The van der Waals surface area contributed by atoms with Crippen LogP contribution >= 0.6 is 0 Å². The Morgan fingerprint density at radius 3 is 2.21 bits per heavy atom. The molecule has 2 aliphatic heterocycles. The van der Waals surface area contributed by atoms with Crippen LogP contribution in [0.25, 0.3) is 11.1 Å². The molecule has 0 bridgehead atoms. The van der Waals surface area contributed by atoms with E-state index < -0.39 is 17.5 Å². The fourth-order valence-corrected chi connectivity index (χ4v) is 5.90.